The summed E-state index contributed by atoms with van der Waals surface area (Å²) in [6.07, 6.45) is 1.93. The number of nitrogens with zero attached hydrogens (tertiary/aromatic N) is 4. The SMILES string of the molecule is CC1=CC(C)(C)[N-]N1N=[N+]1C(=O)c2ccccc2C1=O. The summed E-state index contributed by atoms with van der Waals surface area (Å²) in [6, 6.07) is 6.70. The van der Waals surface area contributed by atoms with Crippen LogP contribution in [-0.4, -0.2) is 27.2 Å². The smallest absolute Gasteiger partial charge is 0.370 e. The van der Waals surface area contributed by atoms with Crippen molar-refractivity contribution in [2.45, 2.75) is 26.3 Å². The van der Waals surface area contributed by atoms with E-state index in [1.165, 1.54) is 5.12 Å². The molecule has 3 rings (SSSR count). The average molecular weight is 270 g/mol. The fourth-order valence-corrected chi connectivity index (χ4v) is 2.35. The maximum Gasteiger partial charge on any atom is 0.370 e. The van der Waals surface area contributed by atoms with E-state index < -0.39 is 11.8 Å². The lowest BCUT2D eigenvalue weighted by molar-refractivity contribution is -0.414. The quantitative estimate of drug-likeness (QED) is 0.582. The maximum absolute atomic E-state index is 12.2. The minimum Gasteiger partial charge on any atom is -0.430 e. The molecule has 2 aliphatic heterocycles. The lowest BCUT2D eigenvalue weighted by atomic mass is 10.1. The molecule has 2 heterocycles. The summed E-state index contributed by atoms with van der Waals surface area (Å²) < 4.78 is 0.868. The summed E-state index contributed by atoms with van der Waals surface area (Å²) in [5.74, 6) is -0.836. The van der Waals surface area contributed by atoms with Crippen LogP contribution in [0.4, 0.5) is 0 Å². The molecule has 2 aliphatic rings. The molecule has 0 N–H and O–H groups in total. The highest BCUT2D eigenvalue weighted by Gasteiger charge is 2.39. The third-order valence-electron chi connectivity index (χ3n) is 3.18. The molecule has 1 aromatic rings. The molecule has 0 radical (unpaired) electrons. The van der Waals surface area contributed by atoms with Gasteiger partial charge in [0.1, 0.15) is 5.70 Å². The van der Waals surface area contributed by atoms with Crippen LogP contribution in [0.25, 0.3) is 5.43 Å². The van der Waals surface area contributed by atoms with Gasteiger partial charge in [0.05, 0.1) is 16.4 Å². The van der Waals surface area contributed by atoms with Crippen LogP contribution in [0.15, 0.2) is 41.3 Å². The van der Waals surface area contributed by atoms with E-state index >= 15 is 0 Å². The van der Waals surface area contributed by atoms with Gasteiger partial charge in [-0.25, -0.2) is 14.7 Å². The number of imide groups is 1. The normalized spacial score (nSPS) is 20.2. The molecule has 2 amide bonds. The Morgan fingerprint density at radius 1 is 1.15 bits per heavy atom. The number of hydrogen-bond donors (Lipinski definition) is 0. The Labute approximate surface area is 116 Å². The molecular formula is C14H14N4O2. The van der Waals surface area contributed by atoms with Crippen LogP contribution < -0.4 is 0 Å². The number of amides is 2. The molecule has 0 aromatic heterocycles. The van der Waals surface area contributed by atoms with Crippen LogP contribution >= 0.6 is 0 Å². The molecule has 0 bridgehead atoms. The van der Waals surface area contributed by atoms with Crippen molar-refractivity contribution in [2.75, 3.05) is 0 Å². The van der Waals surface area contributed by atoms with Gasteiger partial charge in [0.2, 0.25) is 0 Å². The number of benzene rings is 1. The zero-order valence-corrected chi connectivity index (χ0v) is 11.5. The lowest BCUT2D eigenvalue weighted by Gasteiger charge is -2.29. The molecule has 1 aromatic carbocycles. The Hall–Kier alpha value is -2.34. The van der Waals surface area contributed by atoms with Crippen LogP contribution in [0, 0.1) is 0 Å². The van der Waals surface area contributed by atoms with Gasteiger partial charge in [-0.1, -0.05) is 37.6 Å². The van der Waals surface area contributed by atoms with Gasteiger partial charge < -0.3 is 5.43 Å². The van der Waals surface area contributed by atoms with E-state index in [-0.39, 0.29) is 5.54 Å². The van der Waals surface area contributed by atoms with Gasteiger partial charge >= 0.3 is 11.8 Å². The largest absolute Gasteiger partial charge is 0.430 e. The van der Waals surface area contributed by atoms with Crippen molar-refractivity contribution in [2.24, 2.45) is 5.22 Å². The van der Waals surface area contributed by atoms with Crippen LogP contribution in [-0.2, 0) is 0 Å². The summed E-state index contributed by atoms with van der Waals surface area (Å²) in [7, 11) is 0. The topological polar surface area (TPSA) is 66.8 Å². The Balaban J connectivity index is 1.98. The number of allylic oxidation sites excluding steroid dienone is 1. The monoisotopic (exact) mass is 270 g/mol. The minimum atomic E-state index is -0.418. The van der Waals surface area contributed by atoms with E-state index in [2.05, 4.69) is 10.6 Å². The molecule has 0 fully saturated rings. The van der Waals surface area contributed by atoms with Gasteiger partial charge in [0.25, 0.3) is 0 Å². The van der Waals surface area contributed by atoms with Crippen LogP contribution in [0.2, 0.25) is 0 Å². The van der Waals surface area contributed by atoms with E-state index in [0.29, 0.717) is 11.1 Å². The summed E-state index contributed by atoms with van der Waals surface area (Å²) in [5, 5.41) is 5.40. The van der Waals surface area contributed by atoms with Gasteiger partial charge in [-0.3, -0.25) is 0 Å². The molecule has 0 saturated carbocycles. The zero-order chi connectivity index (χ0) is 14.5. The van der Waals surface area contributed by atoms with Crippen molar-refractivity contribution in [3.63, 3.8) is 0 Å². The highest BCUT2D eigenvalue weighted by molar-refractivity contribution is 6.11. The standard InChI is InChI=1S/C14H14N4O2/c1-9-8-14(2,3)15-18(9)16-17-12(19)10-6-4-5-7-11(10)13(17)20/h4-8H,1-3H3. The van der Waals surface area contributed by atoms with E-state index in [4.69, 9.17) is 0 Å². The summed E-state index contributed by atoms with van der Waals surface area (Å²) in [5.41, 5.74) is 5.48. The number of carbonyl (C=O) groups is 2. The summed E-state index contributed by atoms with van der Waals surface area (Å²) in [6.45, 7) is 5.68. The number of fused-ring (bicyclic) bond motifs is 1. The van der Waals surface area contributed by atoms with Crippen LogP contribution in [0.3, 0.4) is 0 Å². The molecule has 20 heavy (non-hydrogen) atoms. The van der Waals surface area contributed by atoms with Crippen molar-refractivity contribution >= 4 is 11.8 Å². The minimum absolute atomic E-state index is 0.376. The Kier molecular flexibility index (Phi) is 2.58. The lowest BCUT2D eigenvalue weighted by Crippen LogP contribution is -2.23. The first-order valence-corrected chi connectivity index (χ1v) is 6.31. The second-order valence-corrected chi connectivity index (χ2v) is 5.39. The molecule has 0 spiro atoms. The fraction of sp³-hybridized carbons (Fsp3) is 0.286. The molecule has 0 saturated heterocycles. The van der Waals surface area contributed by atoms with E-state index in [1.807, 2.05) is 26.8 Å². The van der Waals surface area contributed by atoms with E-state index in [9.17, 15) is 9.59 Å². The third-order valence-corrected chi connectivity index (χ3v) is 3.18. The molecule has 102 valence electrons. The molecule has 6 nitrogen and oxygen atoms in total. The van der Waals surface area contributed by atoms with Crippen molar-refractivity contribution < 1.29 is 14.3 Å². The van der Waals surface area contributed by atoms with Gasteiger partial charge in [-0.15, -0.1) is 0 Å². The number of hydrogen-bond acceptors (Lipinski definition) is 3. The number of rotatable bonds is 1. The van der Waals surface area contributed by atoms with Gasteiger partial charge in [0.15, 0.2) is 0 Å². The molecule has 0 aliphatic carbocycles. The molecular weight excluding hydrogens is 256 g/mol. The first-order chi connectivity index (χ1) is 9.39. The Morgan fingerprint density at radius 3 is 2.15 bits per heavy atom. The zero-order valence-electron chi connectivity index (χ0n) is 11.5. The van der Waals surface area contributed by atoms with Crippen molar-refractivity contribution in [1.82, 2.24) is 5.12 Å². The predicted molar refractivity (Wildman–Crippen MR) is 70.8 cm³/mol. The molecule has 0 unspecified atom stereocenters. The van der Waals surface area contributed by atoms with Crippen molar-refractivity contribution in [3.05, 3.63) is 52.6 Å². The molecule has 6 heteroatoms. The first kappa shape index (κ1) is 12.7. The van der Waals surface area contributed by atoms with Crippen LogP contribution in [0.1, 0.15) is 41.5 Å². The highest BCUT2D eigenvalue weighted by atomic mass is 16.2. The van der Waals surface area contributed by atoms with Crippen molar-refractivity contribution in [3.8, 4) is 0 Å². The van der Waals surface area contributed by atoms with Crippen LogP contribution in [0.5, 0.6) is 0 Å². The summed E-state index contributed by atoms with van der Waals surface area (Å²) in [4.78, 5) is 24.4. The molecule has 0 atom stereocenters. The van der Waals surface area contributed by atoms with E-state index in [0.717, 1.165) is 10.4 Å². The van der Waals surface area contributed by atoms with Crippen molar-refractivity contribution in [1.29, 1.82) is 0 Å². The Bertz CT molecular complexity index is 651. The average Bonchev–Trinajstić information content (AvgIpc) is 2.79. The highest BCUT2D eigenvalue weighted by Crippen LogP contribution is 2.33. The Morgan fingerprint density at radius 2 is 1.70 bits per heavy atom. The fourth-order valence-electron chi connectivity index (χ4n) is 2.35. The third kappa shape index (κ3) is 1.85. The van der Waals surface area contributed by atoms with Gasteiger partial charge in [0, 0.05) is 0 Å². The predicted octanol–water partition coefficient (Wildman–Crippen LogP) is 2.65. The first-order valence-electron chi connectivity index (χ1n) is 6.31. The van der Waals surface area contributed by atoms with Gasteiger partial charge in [-0.05, 0) is 23.8 Å². The maximum atomic E-state index is 12.2. The summed E-state index contributed by atoms with van der Waals surface area (Å²) >= 11 is 0. The second kappa shape index (κ2) is 4.08. The number of carbonyl (C=O) groups excluding carboxylic acids is 2. The van der Waals surface area contributed by atoms with Gasteiger partial charge in [-0.2, -0.15) is 0 Å². The van der Waals surface area contributed by atoms with E-state index in [1.54, 1.807) is 24.3 Å². The second-order valence-electron chi connectivity index (χ2n) is 5.39.